The zero-order valence-electron chi connectivity index (χ0n) is 12.7. The van der Waals surface area contributed by atoms with E-state index in [1.54, 1.807) is 0 Å². The molecule has 3 nitrogen and oxygen atoms in total. The van der Waals surface area contributed by atoms with Crippen molar-refractivity contribution in [2.45, 2.75) is 39.5 Å². The molecule has 0 aromatic heterocycles. The summed E-state index contributed by atoms with van der Waals surface area (Å²) in [5, 5.41) is 3.00. The number of anilines is 1. The molecule has 1 saturated carbocycles. The van der Waals surface area contributed by atoms with E-state index in [0.29, 0.717) is 6.54 Å². The molecule has 0 unspecified atom stereocenters. The minimum atomic E-state index is 0.100. The molecule has 1 amide bonds. The molecule has 20 heavy (non-hydrogen) atoms. The van der Waals surface area contributed by atoms with Gasteiger partial charge in [-0.1, -0.05) is 26.0 Å². The van der Waals surface area contributed by atoms with Crippen molar-refractivity contribution in [3.63, 3.8) is 0 Å². The summed E-state index contributed by atoms with van der Waals surface area (Å²) in [6, 6.07) is 8.12. The summed E-state index contributed by atoms with van der Waals surface area (Å²) >= 11 is 0. The molecule has 1 N–H and O–H groups in total. The van der Waals surface area contributed by atoms with Crippen molar-refractivity contribution in [3.8, 4) is 0 Å². The highest BCUT2D eigenvalue weighted by atomic mass is 16.2. The van der Waals surface area contributed by atoms with E-state index in [9.17, 15) is 4.79 Å². The molecule has 0 heterocycles. The first-order chi connectivity index (χ1) is 9.71. The topological polar surface area (TPSA) is 32.3 Å². The lowest BCUT2D eigenvalue weighted by molar-refractivity contribution is -0.117. The minimum absolute atomic E-state index is 0.100. The second-order valence-corrected chi connectivity index (χ2v) is 5.78. The van der Waals surface area contributed by atoms with Gasteiger partial charge in [0.2, 0.25) is 5.91 Å². The Morgan fingerprint density at radius 3 is 2.50 bits per heavy atom. The van der Waals surface area contributed by atoms with E-state index < -0.39 is 0 Å². The molecule has 0 spiro atoms. The predicted octanol–water partition coefficient (Wildman–Crippen LogP) is 3.31. The van der Waals surface area contributed by atoms with Gasteiger partial charge >= 0.3 is 0 Å². The zero-order valence-corrected chi connectivity index (χ0v) is 12.7. The van der Waals surface area contributed by atoms with Crippen molar-refractivity contribution in [1.82, 2.24) is 4.90 Å². The highest BCUT2D eigenvalue weighted by Crippen LogP contribution is 2.29. The van der Waals surface area contributed by atoms with Gasteiger partial charge in [-0.2, -0.15) is 0 Å². The number of aryl methyl sites for hydroxylation is 1. The molecule has 0 atom stereocenters. The Morgan fingerprint density at radius 2 is 1.95 bits per heavy atom. The van der Waals surface area contributed by atoms with Gasteiger partial charge in [-0.05, 0) is 55.8 Å². The summed E-state index contributed by atoms with van der Waals surface area (Å²) < 4.78 is 0. The molecule has 1 aromatic rings. The predicted molar refractivity (Wildman–Crippen MR) is 83.9 cm³/mol. The van der Waals surface area contributed by atoms with Crippen LogP contribution in [0.2, 0.25) is 0 Å². The summed E-state index contributed by atoms with van der Waals surface area (Å²) in [6.07, 6.45) is 4.80. The number of carbonyl (C=O) groups is 1. The van der Waals surface area contributed by atoms with Crippen LogP contribution >= 0.6 is 0 Å². The number of hydrogen-bond donors (Lipinski definition) is 1. The number of carbonyl (C=O) groups excluding carboxylic acids is 1. The summed E-state index contributed by atoms with van der Waals surface area (Å²) in [5.41, 5.74) is 2.19. The van der Waals surface area contributed by atoms with Crippen LogP contribution in [-0.4, -0.2) is 30.4 Å². The lowest BCUT2D eigenvalue weighted by atomic mass is 10.1. The maximum absolute atomic E-state index is 12.1. The normalized spacial score (nSPS) is 14.6. The van der Waals surface area contributed by atoms with E-state index in [1.165, 1.54) is 18.4 Å². The molecule has 1 aliphatic rings. The minimum Gasteiger partial charge on any atom is -0.325 e. The summed E-state index contributed by atoms with van der Waals surface area (Å²) in [5.74, 6) is 0.932. The summed E-state index contributed by atoms with van der Waals surface area (Å²) in [6.45, 7) is 6.91. The Morgan fingerprint density at radius 1 is 1.25 bits per heavy atom. The van der Waals surface area contributed by atoms with Crippen LogP contribution in [0.3, 0.4) is 0 Å². The number of nitrogens with one attached hydrogen (secondary N) is 1. The fourth-order valence-corrected chi connectivity index (χ4v) is 2.44. The van der Waals surface area contributed by atoms with Crippen LogP contribution in [0.4, 0.5) is 5.69 Å². The Bertz CT molecular complexity index is 423. The van der Waals surface area contributed by atoms with Crippen molar-refractivity contribution in [1.29, 1.82) is 0 Å². The maximum Gasteiger partial charge on any atom is 0.238 e. The molecular weight excluding hydrogens is 248 g/mol. The van der Waals surface area contributed by atoms with Gasteiger partial charge in [0, 0.05) is 12.2 Å². The molecule has 1 aromatic carbocycles. The lowest BCUT2D eigenvalue weighted by Gasteiger charge is -2.20. The van der Waals surface area contributed by atoms with Crippen LogP contribution in [0.15, 0.2) is 24.3 Å². The van der Waals surface area contributed by atoms with Crippen LogP contribution < -0.4 is 5.32 Å². The van der Waals surface area contributed by atoms with Crippen LogP contribution in [0.5, 0.6) is 0 Å². The van der Waals surface area contributed by atoms with Crippen molar-refractivity contribution in [3.05, 3.63) is 29.8 Å². The molecule has 0 aliphatic heterocycles. The van der Waals surface area contributed by atoms with Crippen molar-refractivity contribution >= 4 is 11.6 Å². The number of amides is 1. The Labute approximate surface area is 122 Å². The van der Waals surface area contributed by atoms with E-state index in [1.807, 2.05) is 12.1 Å². The molecule has 3 heteroatoms. The third-order valence-electron chi connectivity index (χ3n) is 3.77. The molecule has 2 rings (SSSR count). The highest BCUT2D eigenvalue weighted by Gasteiger charge is 2.24. The van der Waals surface area contributed by atoms with Crippen molar-refractivity contribution in [2.75, 3.05) is 25.0 Å². The Balaban J connectivity index is 1.82. The smallest absolute Gasteiger partial charge is 0.238 e. The van der Waals surface area contributed by atoms with Crippen LogP contribution in [-0.2, 0) is 11.2 Å². The quantitative estimate of drug-likeness (QED) is 0.789. The molecular formula is C17H26N2O. The first kappa shape index (κ1) is 15.0. The van der Waals surface area contributed by atoms with Crippen molar-refractivity contribution in [2.24, 2.45) is 5.92 Å². The van der Waals surface area contributed by atoms with Gasteiger partial charge in [-0.25, -0.2) is 0 Å². The standard InChI is InChI=1S/C17H26N2O/c1-3-11-19(12-15-5-6-15)13-17(20)18-16-9-7-14(4-2)8-10-16/h7-10,15H,3-6,11-13H2,1-2H3,(H,18,20). The monoisotopic (exact) mass is 274 g/mol. The SMILES string of the molecule is CCCN(CC(=O)Nc1ccc(CC)cc1)CC1CC1. The molecule has 0 saturated heterocycles. The van der Waals surface area contributed by atoms with E-state index in [2.05, 4.69) is 36.2 Å². The fourth-order valence-electron chi connectivity index (χ4n) is 2.44. The highest BCUT2D eigenvalue weighted by molar-refractivity contribution is 5.92. The Hall–Kier alpha value is -1.35. The number of benzene rings is 1. The average Bonchev–Trinajstić information content (AvgIpc) is 3.23. The van der Waals surface area contributed by atoms with E-state index in [0.717, 1.165) is 37.5 Å². The first-order valence-corrected chi connectivity index (χ1v) is 7.82. The van der Waals surface area contributed by atoms with E-state index >= 15 is 0 Å². The largest absolute Gasteiger partial charge is 0.325 e. The summed E-state index contributed by atoms with van der Waals surface area (Å²) in [4.78, 5) is 14.4. The van der Waals surface area contributed by atoms with Gasteiger partial charge in [0.1, 0.15) is 0 Å². The third kappa shape index (κ3) is 4.97. The summed E-state index contributed by atoms with van der Waals surface area (Å²) in [7, 11) is 0. The molecule has 0 radical (unpaired) electrons. The van der Waals surface area contributed by atoms with Gasteiger partial charge in [-0.15, -0.1) is 0 Å². The van der Waals surface area contributed by atoms with E-state index in [-0.39, 0.29) is 5.91 Å². The van der Waals surface area contributed by atoms with Gasteiger partial charge in [0.15, 0.2) is 0 Å². The third-order valence-corrected chi connectivity index (χ3v) is 3.77. The van der Waals surface area contributed by atoms with Gasteiger partial charge < -0.3 is 5.32 Å². The molecule has 0 bridgehead atoms. The number of hydrogen-bond acceptors (Lipinski definition) is 2. The molecule has 1 fully saturated rings. The second-order valence-electron chi connectivity index (χ2n) is 5.78. The molecule has 1 aliphatic carbocycles. The second kappa shape index (κ2) is 7.44. The first-order valence-electron chi connectivity index (χ1n) is 7.82. The van der Waals surface area contributed by atoms with Gasteiger partial charge in [0.05, 0.1) is 6.54 Å². The Kier molecular flexibility index (Phi) is 5.60. The molecule has 110 valence electrons. The maximum atomic E-state index is 12.1. The van der Waals surface area contributed by atoms with Crippen LogP contribution in [0.25, 0.3) is 0 Å². The van der Waals surface area contributed by atoms with Crippen molar-refractivity contribution < 1.29 is 4.79 Å². The number of nitrogens with zero attached hydrogens (tertiary/aromatic N) is 1. The zero-order chi connectivity index (χ0) is 14.4. The lowest BCUT2D eigenvalue weighted by Crippen LogP contribution is -2.35. The van der Waals surface area contributed by atoms with Gasteiger partial charge in [0.25, 0.3) is 0 Å². The van der Waals surface area contributed by atoms with Crippen LogP contribution in [0.1, 0.15) is 38.7 Å². The average molecular weight is 274 g/mol. The van der Waals surface area contributed by atoms with Gasteiger partial charge in [-0.3, -0.25) is 9.69 Å². The fraction of sp³-hybridized carbons (Fsp3) is 0.588. The van der Waals surface area contributed by atoms with Crippen LogP contribution in [0, 0.1) is 5.92 Å². The van der Waals surface area contributed by atoms with E-state index in [4.69, 9.17) is 0 Å². The number of rotatable bonds is 8.